The van der Waals surface area contributed by atoms with Crippen molar-refractivity contribution in [1.29, 1.82) is 0 Å². The monoisotopic (exact) mass is 278 g/mol. The molecule has 5 nitrogen and oxygen atoms in total. The molecule has 1 atom stereocenters. The van der Waals surface area contributed by atoms with Gasteiger partial charge in [0.05, 0.1) is 18.2 Å². The number of hydrogen-bond acceptors (Lipinski definition) is 3. The van der Waals surface area contributed by atoms with Crippen LogP contribution in [0.2, 0.25) is 0 Å². The molecule has 1 unspecified atom stereocenters. The van der Waals surface area contributed by atoms with Crippen LogP contribution >= 0.6 is 0 Å². The lowest BCUT2D eigenvalue weighted by Crippen LogP contribution is -2.38. The Morgan fingerprint density at radius 3 is 3.05 bits per heavy atom. The highest BCUT2D eigenvalue weighted by Gasteiger charge is 2.17. The van der Waals surface area contributed by atoms with Gasteiger partial charge in [0.15, 0.2) is 0 Å². The zero-order chi connectivity index (χ0) is 14.4. The zero-order valence-electron chi connectivity index (χ0n) is 10.8. The van der Waals surface area contributed by atoms with Crippen molar-refractivity contribution in [3.05, 3.63) is 29.6 Å². The molecule has 1 fully saturated rings. The smallest absolute Gasteiger partial charge is 0.319 e. The number of benzene rings is 1. The lowest BCUT2D eigenvalue weighted by Gasteiger charge is -2.12. The first kappa shape index (κ1) is 14.3. The number of carbonyl (C=O) groups excluding carboxylic acids is 1. The number of carbonyl (C=O) groups is 1. The molecular formula is C14H15FN2O3. The van der Waals surface area contributed by atoms with Gasteiger partial charge in [-0.2, -0.15) is 0 Å². The summed E-state index contributed by atoms with van der Waals surface area (Å²) in [6.07, 6.45) is 0.775. The van der Waals surface area contributed by atoms with E-state index >= 15 is 0 Å². The van der Waals surface area contributed by atoms with Crippen LogP contribution in [0.3, 0.4) is 0 Å². The Morgan fingerprint density at radius 1 is 1.55 bits per heavy atom. The third-order valence-electron chi connectivity index (χ3n) is 2.79. The van der Waals surface area contributed by atoms with Gasteiger partial charge < -0.3 is 20.5 Å². The first-order chi connectivity index (χ1) is 9.69. The Morgan fingerprint density at radius 2 is 2.40 bits per heavy atom. The fourth-order valence-electron chi connectivity index (χ4n) is 1.83. The van der Waals surface area contributed by atoms with E-state index in [1.165, 1.54) is 12.1 Å². The molecule has 6 heteroatoms. The van der Waals surface area contributed by atoms with E-state index in [4.69, 9.17) is 9.84 Å². The maximum Gasteiger partial charge on any atom is 0.319 e. The van der Waals surface area contributed by atoms with Gasteiger partial charge in [-0.25, -0.2) is 9.18 Å². The second-order valence-corrected chi connectivity index (χ2v) is 4.31. The summed E-state index contributed by atoms with van der Waals surface area (Å²) in [5.74, 6) is 4.30. The van der Waals surface area contributed by atoms with Gasteiger partial charge >= 0.3 is 6.03 Å². The number of halogens is 1. The number of aliphatic hydroxyl groups excluding tert-OH is 1. The SMILES string of the molecule is O=C(Nc1ccc(C#CCO)c(F)c1)NC1CCOC1. The van der Waals surface area contributed by atoms with Crippen LogP contribution in [0.4, 0.5) is 14.9 Å². The Balaban J connectivity index is 1.95. The lowest BCUT2D eigenvalue weighted by molar-refractivity contribution is 0.189. The molecule has 2 rings (SSSR count). The molecule has 1 aliphatic heterocycles. The average molecular weight is 278 g/mol. The summed E-state index contributed by atoms with van der Waals surface area (Å²) in [5.41, 5.74) is 0.516. The summed E-state index contributed by atoms with van der Waals surface area (Å²) >= 11 is 0. The van der Waals surface area contributed by atoms with Crippen LogP contribution in [-0.2, 0) is 4.74 Å². The van der Waals surface area contributed by atoms with Crippen molar-refractivity contribution in [3.8, 4) is 11.8 Å². The van der Waals surface area contributed by atoms with E-state index in [1.807, 2.05) is 0 Å². The summed E-state index contributed by atoms with van der Waals surface area (Å²) in [7, 11) is 0. The molecule has 0 radical (unpaired) electrons. The van der Waals surface area contributed by atoms with Gasteiger partial charge in [0.2, 0.25) is 0 Å². The predicted octanol–water partition coefficient (Wildman–Crippen LogP) is 1.08. The fraction of sp³-hybridized carbons (Fsp3) is 0.357. The molecular weight excluding hydrogens is 263 g/mol. The quantitative estimate of drug-likeness (QED) is 0.709. The van der Waals surface area contributed by atoms with E-state index in [-0.39, 0.29) is 18.2 Å². The van der Waals surface area contributed by atoms with Crippen molar-refractivity contribution < 1.29 is 19.0 Å². The molecule has 20 heavy (non-hydrogen) atoms. The third kappa shape index (κ3) is 3.95. The van der Waals surface area contributed by atoms with Crippen LogP contribution in [0.15, 0.2) is 18.2 Å². The van der Waals surface area contributed by atoms with Crippen LogP contribution in [0, 0.1) is 17.7 Å². The number of nitrogens with one attached hydrogen (secondary N) is 2. The van der Waals surface area contributed by atoms with Crippen LogP contribution < -0.4 is 10.6 Å². The highest BCUT2D eigenvalue weighted by molar-refractivity contribution is 5.89. The lowest BCUT2D eigenvalue weighted by atomic mass is 10.2. The second kappa shape index (κ2) is 6.89. The molecule has 1 aromatic rings. The molecule has 0 bridgehead atoms. The van der Waals surface area contributed by atoms with Crippen LogP contribution in [-0.4, -0.2) is 37.0 Å². The number of urea groups is 1. The van der Waals surface area contributed by atoms with E-state index in [1.54, 1.807) is 6.07 Å². The van der Waals surface area contributed by atoms with Crippen LogP contribution in [0.5, 0.6) is 0 Å². The summed E-state index contributed by atoms with van der Waals surface area (Å²) in [5, 5.41) is 13.8. The average Bonchev–Trinajstić information content (AvgIpc) is 2.90. The first-order valence-corrected chi connectivity index (χ1v) is 6.23. The predicted molar refractivity (Wildman–Crippen MR) is 71.7 cm³/mol. The molecule has 0 spiro atoms. The minimum Gasteiger partial charge on any atom is -0.384 e. The van der Waals surface area contributed by atoms with Gasteiger partial charge in [0.25, 0.3) is 0 Å². The van der Waals surface area contributed by atoms with Gasteiger partial charge in [-0.15, -0.1) is 0 Å². The van der Waals surface area contributed by atoms with E-state index in [0.29, 0.717) is 18.9 Å². The van der Waals surface area contributed by atoms with Crippen molar-refractivity contribution in [1.82, 2.24) is 5.32 Å². The number of aliphatic hydroxyl groups is 1. The first-order valence-electron chi connectivity index (χ1n) is 6.23. The largest absolute Gasteiger partial charge is 0.384 e. The minimum absolute atomic E-state index is 0.00505. The number of amides is 2. The molecule has 0 saturated carbocycles. The molecule has 106 valence electrons. The topological polar surface area (TPSA) is 70.6 Å². The maximum absolute atomic E-state index is 13.7. The number of ether oxygens (including phenoxy) is 1. The van der Waals surface area contributed by atoms with Crippen molar-refractivity contribution in [2.45, 2.75) is 12.5 Å². The number of anilines is 1. The fourth-order valence-corrected chi connectivity index (χ4v) is 1.83. The normalized spacial score (nSPS) is 17.2. The highest BCUT2D eigenvalue weighted by atomic mass is 19.1. The molecule has 1 saturated heterocycles. The maximum atomic E-state index is 13.7. The van der Waals surface area contributed by atoms with Gasteiger partial charge in [-0.3, -0.25) is 0 Å². The van der Waals surface area contributed by atoms with E-state index < -0.39 is 11.8 Å². The highest BCUT2D eigenvalue weighted by Crippen LogP contribution is 2.14. The molecule has 2 amide bonds. The summed E-state index contributed by atoms with van der Waals surface area (Å²) in [4.78, 5) is 11.7. The van der Waals surface area contributed by atoms with E-state index in [2.05, 4.69) is 22.5 Å². The van der Waals surface area contributed by atoms with Crippen molar-refractivity contribution in [2.24, 2.45) is 0 Å². The van der Waals surface area contributed by atoms with Crippen molar-refractivity contribution in [3.63, 3.8) is 0 Å². The molecule has 0 aliphatic carbocycles. The molecule has 1 aromatic carbocycles. The summed E-state index contributed by atoms with van der Waals surface area (Å²) in [6, 6.07) is 3.79. The van der Waals surface area contributed by atoms with Gasteiger partial charge in [-0.05, 0) is 24.6 Å². The Kier molecular flexibility index (Phi) is 4.93. The van der Waals surface area contributed by atoms with E-state index in [9.17, 15) is 9.18 Å². The molecule has 1 aliphatic rings. The second-order valence-electron chi connectivity index (χ2n) is 4.31. The Labute approximate surface area is 116 Å². The van der Waals surface area contributed by atoms with Crippen molar-refractivity contribution >= 4 is 11.7 Å². The van der Waals surface area contributed by atoms with E-state index in [0.717, 1.165) is 6.42 Å². The standard InChI is InChI=1S/C14H15FN2O3/c15-13-8-11(4-3-10(13)2-1-6-18)16-14(19)17-12-5-7-20-9-12/h3-4,8,12,18H,5-7,9H2,(H2,16,17,19). The van der Waals surface area contributed by atoms with Gasteiger partial charge in [0.1, 0.15) is 12.4 Å². The summed E-state index contributed by atoms with van der Waals surface area (Å²) < 4.78 is 18.8. The van der Waals surface area contributed by atoms with Crippen LogP contribution in [0.25, 0.3) is 0 Å². The number of hydrogen-bond donors (Lipinski definition) is 3. The molecule has 1 heterocycles. The van der Waals surface area contributed by atoms with Crippen molar-refractivity contribution in [2.75, 3.05) is 25.1 Å². The molecule has 3 N–H and O–H groups in total. The Hall–Kier alpha value is -2.10. The minimum atomic E-state index is -0.548. The third-order valence-corrected chi connectivity index (χ3v) is 2.79. The van der Waals surface area contributed by atoms with Gasteiger partial charge in [0, 0.05) is 12.3 Å². The zero-order valence-corrected chi connectivity index (χ0v) is 10.8. The van der Waals surface area contributed by atoms with Crippen LogP contribution in [0.1, 0.15) is 12.0 Å². The Bertz CT molecular complexity index is 545. The van der Waals surface area contributed by atoms with Gasteiger partial charge in [-0.1, -0.05) is 11.8 Å². The summed E-state index contributed by atoms with van der Waals surface area (Å²) in [6.45, 7) is 0.806. The number of rotatable bonds is 2. The molecule has 0 aromatic heterocycles.